The Hall–Kier alpha value is -1.70. The first kappa shape index (κ1) is 20.0. The molecule has 1 amide bonds. The SMILES string of the molecule is C=CCN1C(=O)C(CC(C)C)NC12CCN(S(=O)(=O)c1ccccc1)CC2. The minimum Gasteiger partial charge on any atom is -0.319 e. The maximum atomic E-state index is 12.9. The van der Waals surface area contributed by atoms with E-state index in [1.165, 1.54) is 4.31 Å². The molecule has 1 atom stereocenters. The minimum atomic E-state index is -3.50. The average Bonchev–Trinajstić information content (AvgIpc) is 2.88. The number of nitrogens with zero attached hydrogens (tertiary/aromatic N) is 2. The molecule has 7 heteroatoms. The van der Waals surface area contributed by atoms with E-state index in [2.05, 4.69) is 25.7 Å². The Labute approximate surface area is 162 Å². The lowest BCUT2D eigenvalue weighted by Gasteiger charge is -2.44. The topological polar surface area (TPSA) is 69.7 Å². The van der Waals surface area contributed by atoms with Crippen LogP contribution in [-0.4, -0.2) is 54.9 Å². The summed E-state index contributed by atoms with van der Waals surface area (Å²) in [6, 6.07) is 8.32. The van der Waals surface area contributed by atoms with Crippen LogP contribution in [0.1, 0.15) is 33.1 Å². The van der Waals surface area contributed by atoms with Gasteiger partial charge < -0.3 is 4.90 Å². The highest BCUT2D eigenvalue weighted by Gasteiger charge is 2.51. The maximum absolute atomic E-state index is 12.9. The predicted octanol–water partition coefficient (Wildman–Crippen LogP) is 2.20. The molecule has 3 rings (SSSR count). The molecule has 1 aromatic rings. The van der Waals surface area contributed by atoms with Crippen molar-refractivity contribution in [1.29, 1.82) is 0 Å². The van der Waals surface area contributed by atoms with E-state index in [0.29, 0.717) is 43.3 Å². The normalized spacial score (nSPS) is 23.3. The zero-order chi connectivity index (χ0) is 19.7. The van der Waals surface area contributed by atoms with Crippen molar-refractivity contribution in [2.75, 3.05) is 19.6 Å². The van der Waals surface area contributed by atoms with Gasteiger partial charge in [-0.05, 0) is 37.3 Å². The number of benzene rings is 1. The van der Waals surface area contributed by atoms with Gasteiger partial charge in [-0.2, -0.15) is 4.31 Å². The Morgan fingerprint density at radius 3 is 2.44 bits per heavy atom. The fourth-order valence-electron chi connectivity index (χ4n) is 4.14. The highest BCUT2D eigenvalue weighted by atomic mass is 32.2. The molecule has 0 aliphatic carbocycles. The highest BCUT2D eigenvalue weighted by molar-refractivity contribution is 7.89. The van der Waals surface area contributed by atoms with Crippen LogP contribution in [0, 0.1) is 5.92 Å². The Morgan fingerprint density at radius 1 is 1.26 bits per heavy atom. The van der Waals surface area contributed by atoms with Crippen molar-refractivity contribution in [2.45, 2.75) is 49.7 Å². The van der Waals surface area contributed by atoms with E-state index in [9.17, 15) is 13.2 Å². The van der Waals surface area contributed by atoms with Crippen molar-refractivity contribution in [3.8, 4) is 0 Å². The molecule has 0 bridgehead atoms. The Kier molecular flexibility index (Phi) is 5.74. The van der Waals surface area contributed by atoms with Crippen molar-refractivity contribution in [2.24, 2.45) is 5.92 Å². The Bertz CT molecular complexity index is 784. The molecular formula is C20H29N3O3S. The molecule has 1 N–H and O–H groups in total. The van der Waals surface area contributed by atoms with Crippen LogP contribution in [-0.2, 0) is 14.8 Å². The van der Waals surface area contributed by atoms with Gasteiger partial charge >= 0.3 is 0 Å². The largest absolute Gasteiger partial charge is 0.319 e. The van der Waals surface area contributed by atoms with E-state index in [-0.39, 0.29) is 11.9 Å². The quantitative estimate of drug-likeness (QED) is 0.755. The first-order valence-corrected chi connectivity index (χ1v) is 11.0. The van der Waals surface area contributed by atoms with Crippen LogP contribution in [0.4, 0.5) is 0 Å². The molecular weight excluding hydrogens is 362 g/mol. The Balaban J connectivity index is 1.78. The zero-order valence-electron chi connectivity index (χ0n) is 16.1. The fourth-order valence-corrected chi connectivity index (χ4v) is 5.60. The predicted molar refractivity (Wildman–Crippen MR) is 105 cm³/mol. The summed E-state index contributed by atoms with van der Waals surface area (Å²) >= 11 is 0. The molecule has 0 aromatic heterocycles. The second kappa shape index (κ2) is 7.73. The second-order valence-electron chi connectivity index (χ2n) is 7.81. The average molecular weight is 392 g/mol. The van der Waals surface area contributed by atoms with E-state index < -0.39 is 15.7 Å². The van der Waals surface area contributed by atoms with Gasteiger partial charge in [-0.15, -0.1) is 6.58 Å². The number of sulfonamides is 1. The lowest BCUT2D eigenvalue weighted by molar-refractivity contribution is -0.132. The van der Waals surface area contributed by atoms with E-state index in [1.54, 1.807) is 36.4 Å². The minimum absolute atomic E-state index is 0.1000. The molecule has 1 unspecified atom stereocenters. The van der Waals surface area contributed by atoms with E-state index in [4.69, 9.17) is 0 Å². The third-order valence-electron chi connectivity index (χ3n) is 5.47. The summed E-state index contributed by atoms with van der Waals surface area (Å²) in [5.74, 6) is 0.508. The van der Waals surface area contributed by atoms with Crippen LogP contribution in [0.2, 0.25) is 0 Å². The van der Waals surface area contributed by atoms with E-state index in [1.807, 2.05) is 4.90 Å². The van der Waals surface area contributed by atoms with Crippen LogP contribution in [0.3, 0.4) is 0 Å². The third kappa shape index (κ3) is 3.81. The molecule has 2 fully saturated rings. The van der Waals surface area contributed by atoms with Gasteiger partial charge in [0.05, 0.1) is 16.6 Å². The smallest absolute Gasteiger partial charge is 0.243 e. The van der Waals surface area contributed by atoms with Gasteiger partial charge in [0, 0.05) is 19.6 Å². The van der Waals surface area contributed by atoms with Crippen molar-refractivity contribution < 1.29 is 13.2 Å². The molecule has 1 spiro atoms. The molecule has 1 aromatic carbocycles. The van der Waals surface area contributed by atoms with Crippen molar-refractivity contribution in [1.82, 2.24) is 14.5 Å². The standard InChI is InChI=1S/C20H29N3O3S/c1-4-12-23-19(24)18(15-16(2)3)21-20(23)10-13-22(14-11-20)27(25,26)17-8-6-5-7-9-17/h4-9,16,18,21H,1,10-15H2,2-3H3. The first-order valence-electron chi connectivity index (χ1n) is 9.55. The molecule has 148 valence electrons. The molecule has 27 heavy (non-hydrogen) atoms. The van der Waals surface area contributed by atoms with E-state index in [0.717, 1.165) is 6.42 Å². The van der Waals surface area contributed by atoms with Gasteiger partial charge in [0.1, 0.15) is 0 Å². The molecule has 2 aliphatic rings. The monoisotopic (exact) mass is 391 g/mol. The summed E-state index contributed by atoms with van der Waals surface area (Å²) in [5.41, 5.74) is -0.479. The number of hydrogen-bond donors (Lipinski definition) is 1. The maximum Gasteiger partial charge on any atom is 0.243 e. The molecule has 0 saturated carbocycles. The van der Waals surface area contributed by atoms with Crippen LogP contribution in [0.15, 0.2) is 47.9 Å². The van der Waals surface area contributed by atoms with Crippen molar-refractivity contribution in [3.05, 3.63) is 43.0 Å². The summed E-state index contributed by atoms with van der Waals surface area (Å²) in [4.78, 5) is 15.1. The molecule has 2 aliphatic heterocycles. The number of amides is 1. The van der Waals surface area contributed by atoms with Gasteiger partial charge in [0.25, 0.3) is 0 Å². The van der Waals surface area contributed by atoms with Gasteiger partial charge in [-0.3, -0.25) is 10.1 Å². The zero-order valence-corrected chi connectivity index (χ0v) is 16.9. The van der Waals surface area contributed by atoms with Gasteiger partial charge in [-0.1, -0.05) is 38.1 Å². The lowest BCUT2D eigenvalue weighted by Crippen LogP contribution is -2.59. The number of piperidine rings is 1. The fraction of sp³-hybridized carbons (Fsp3) is 0.550. The van der Waals surface area contributed by atoms with Gasteiger partial charge in [0.2, 0.25) is 15.9 Å². The number of rotatable bonds is 6. The molecule has 6 nitrogen and oxygen atoms in total. The number of carbonyl (C=O) groups excluding carboxylic acids is 1. The summed E-state index contributed by atoms with van der Waals surface area (Å²) < 4.78 is 27.3. The van der Waals surface area contributed by atoms with Gasteiger partial charge in [-0.25, -0.2) is 8.42 Å². The second-order valence-corrected chi connectivity index (χ2v) is 9.75. The molecule has 2 saturated heterocycles. The summed E-state index contributed by atoms with van der Waals surface area (Å²) in [7, 11) is -3.50. The van der Waals surface area contributed by atoms with E-state index >= 15 is 0 Å². The van der Waals surface area contributed by atoms with Crippen LogP contribution >= 0.6 is 0 Å². The number of nitrogens with one attached hydrogen (secondary N) is 1. The van der Waals surface area contributed by atoms with Crippen molar-refractivity contribution >= 4 is 15.9 Å². The van der Waals surface area contributed by atoms with Crippen molar-refractivity contribution in [3.63, 3.8) is 0 Å². The van der Waals surface area contributed by atoms with Crippen LogP contribution in [0.5, 0.6) is 0 Å². The summed E-state index contributed by atoms with van der Waals surface area (Å²) in [6.07, 6.45) is 3.67. The third-order valence-corrected chi connectivity index (χ3v) is 7.39. The van der Waals surface area contributed by atoms with Crippen LogP contribution in [0.25, 0.3) is 0 Å². The number of carbonyl (C=O) groups is 1. The summed E-state index contributed by atoms with van der Waals surface area (Å²) in [6.45, 7) is 9.25. The summed E-state index contributed by atoms with van der Waals surface area (Å²) in [5, 5.41) is 3.54. The Morgan fingerprint density at radius 2 is 1.89 bits per heavy atom. The molecule has 0 radical (unpaired) electrons. The van der Waals surface area contributed by atoms with Gasteiger partial charge in [0.15, 0.2) is 0 Å². The lowest BCUT2D eigenvalue weighted by atomic mass is 9.97. The highest BCUT2D eigenvalue weighted by Crippen LogP contribution is 2.35. The molecule has 2 heterocycles. The first-order chi connectivity index (χ1) is 12.8. The van der Waals surface area contributed by atoms with Crippen LogP contribution < -0.4 is 5.32 Å². The number of hydrogen-bond acceptors (Lipinski definition) is 4.